The SMILES string of the molecule is CC(C)C(NC1CCCC(C)(C)C1)c1ccc(Cl)cc1. The van der Waals surface area contributed by atoms with E-state index in [4.69, 9.17) is 11.6 Å². The van der Waals surface area contributed by atoms with E-state index in [9.17, 15) is 0 Å². The number of halogens is 1. The zero-order chi connectivity index (χ0) is 14.8. The normalized spacial score (nSPS) is 23.8. The number of hydrogen-bond donors (Lipinski definition) is 1. The molecule has 0 heterocycles. The van der Waals surface area contributed by atoms with Crippen LogP contribution >= 0.6 is 11.6 Å². The summed E-state index contributed by atoms with van der Waals surface area (Å²) >= 11 is 6.00. The van der Waals surface area contributed by atoms with Gasteiger partial charge in [-0.2, -0.15) is 0 Å². The van der Waals surface area contributed by atoms with Crippen molar-refractivity contribution < 1.29 is 0 Å². The Kier molecular flexibility index (Phi) is 5.14. The Hall–Kier alpha value is -0.530. The molecule has 2 atom stereocenters. The first-order valence-corrected chi connectivity index (χ1v) is 8.27. The Labute approximate surface area is 129 Å². The van der Waals surface area contributed by atoms with E-state index in [1.54, 1.807) is 0 Å². The van der Waals surface area contributed by atoms with Gasteiger partial charge in [-0.3, -0.25) is 0 Å². The molecule has 0 bridgehead atoms. The summed E-state index contributed by atoms with van der Waals surface area (Å²) in [6.07, 6.45) is 5.29. The standard InChI is InChI=1S/C18H28ClN/c1-13(2)17(14-7-9-15(19)10-8-14)20-16-6-5-11-18(3,4)12-16/h7-10,13,16-17,20H,5-6,11-12H2,1-4H3. The molecule has 1 saturated carbocycles. The van der Waals surface area contributed by atoms with Crippen LogP contribution in [0.3, 0.4) is 0 Å². The van der Waals surface area contributed by atoms with Gasteiger partial charge in [-0.15, -0.1) is 0 Å². The summed E-state index contributed by atoms with van der Waals surface area (Å²) in [5, 5.41) is 4.72. The predicted octanol–water partition coefficient (Wildman–Crippen LogP) is 5.60. The van der Waals surface area contributed by atoms with Crippen LogP contribution in [0.15, 0.2) is 24.3 Å². The summed E-state index contributed by atoms with van der Waals surface area (Å²) in [6, 6.07) is 9.38. The quantitative estimate of drug-likeness (QED) is 0.762. The number of benzene rings is 1. The molecule has 2 unspecified atom stereocenters. The Morgan fingerprint density at radius 2 is 1.85 bits per heavy atom. The van der Waals surface area contributed by atoms with Gasteiger partial charge in [-0.05, 0) is 48.3 Å². The van der Waals surface area contributed by atoms with Gasteiger partial charge in [0.1, 0.15) is 0 Å². The predicted molar refractivity (Wildman–Crippen MR) is 88.2 cm³/mol. The van der Waals surface area contributed by atoms with Crippen molar-refractivity contribution in [3.63, 3.8) is 0 Å². The van der Waals surface area contributed by atoms with Crippen LogP contribution in [-0.4, -0.2) is 6.04 Å². The fourth-order valence-corrected chi connectivity index (χ4v) is 3.56. The molecule has 0 radical (unpaired) electrons. The van der Waals surface area contributed by atoms with E-state index >= 15 is 0 Å². The highest BCUT2D eigenvalue weighted by Crippen LogP contribution is 2.36. The van der Waals surface area contributed by atoms with Gasteiger partial charge in [0, 0.05) is 17.1 Å². The van der Waals surface area contributed by atoms with Gasteiger partial charge < -0.3 is 5.32 Å². The number of hydrogen-bond acceptors (Lipinski definition) is 1. The molecule has 0 amide bonds. The highest BCUT2D eigenvalue weighted by Gasteiger charge is 2.30. The van der Waals surface area contributed by atoms with Gasteiger partial charge >= 0.3 is 0 Å². The van der Waals surface area contributed by atoms with Crippen LogP contribution in [0.4, 0.5) is 0 Å². The molecule has 1 fully saturated rings. The zero-order valence-electron chi connectivity index (χ0n) is 13.2. The van der Waals surface area contributed by atoms with Crippen molar-refractivity contribution in [2.75, 3.05) is 0 Å². The molecule has 0 spiro atoms. The third kappa shape index (κ3) is 4.23. The van der Waals surface area contributed by atoms with E-state index in [2.05, 4.69) is 45.1 Å². The van der Waals surface area contributed by atoms with Gasteiger partial charge in [0.15, 0.2) is 0 Å². The molecule has 0 aromatic heterocycles. The molecular weight excluding hydrogens is 266 g/mol. The van der Waals surface area contributed by atoms with Crippen LogP contribution in [0.2, 0.25) is 5.02 Å². The molecule has 112 valence electrons. The fraction of sp³-hybridized carbons (Fsp3) is 0.667. The Balaban J connectivity index is 2.08. The van der Waals surface area contributed by atoms with Crippen LogP contribution in [0, 0.1) is 11.3 Å². The summed E-state index contributed by atoms with van der Waals surface area (Å²) < 4.78 is 0. The molecule has 0 saturated heterocycles. The largest absolute Gasteiger partial charge is 0.307 e. The second-order valence-corrected chi connectivity index (χ2v) is 7.83. The summed E-state index contributed by atoms with van der Waals surface area (Å²) in [5.41, 5.74) is 1.84. The maximum Gasteiger partial charge on any atom is 0.0406 e. The van der Waals surface area contributed by atoms with Gasteiger partial charge in [0.25, 0.3) is 0 Å². The fourth-order valence-electron chi connectivity index (χ4n) is 3.44. The van der Waals surface area contributed by atoms with E-state index in [1.165, 1.54) is 31.2 Å². The average Bonchev–Trinajstić information content (AvgIpc) is 2.36. The topological polar surface area (TPSA) is 12.0 Å². The maximum absolute atomic E-state index is 6.00. The molecule has 1 nitrogen and oxygen atoms in total. The van der Waals surface area contributed by atoms with Crippen LogP contribution in [-0.2, 0) is 0 Å². The zero-order valence-corrected chi connectivity index (χ0v) is 14.0. The minimum atomic E-state index is 0.422. The van der Waals surface area contributed by atoms with Crippen LogP contribution in [0.25, 0.3) is 0 Å². The summed E-state index contributed by atoms with van der Waals surface area (Å²) in [4.78, 5) is 0. The first-order valence-electron chi connectivity index (χ1n) is 7.89. The molecular formula is C18H28ClN. The first kappa shape index (κ1) is 15.9. The lowest BCUT2D eigenvalue weighted by Crippen LogP contribution is -2.40. The average molecular weight is 294 g/mol. The lowest BCUT2D eigenvalue weighted by molar-refractivity contribution is 0.180. The highest BCUT2D eigenvalue weighted by atomic mass is 35.5. The van der Waals surface area contributed by atoms with Crippen LogP contribution in [0.5, 0.6) is 0 Å². The minimum absolute atomic E-state index is 0.422. The Morgan fingerprint density at radius 3 is 2.40 bits per heavy atom. The van der Waals surface area contributed by atoms with Crippen LogP contribution < -0.4 is 5.32 Å². The second-order valence-electron chi connectivity index (χ2n) is 7.40. The highest BCUT2D eigenvalue weighted by molar-refractivity contribution is 6.30. The Bertz CT molecular complexity index is 422. The van der Waals surface area contributed by atoms with E-state index in [0.29, 0.717) is 23.4 Å². The van der Waals surface area contributed by atoms with E-state index in [1.807, 2.05) is 12.1 Å². The monoisotopic (exact) mass is 293 g/mol. The van der Waals surface area contributed by atoms with Crippen molar-refractivity contribution in [1.82, 2.24) is 5.32 Å². The number of nitrogens with one attached hydrogen (secondary N) is 1. The third-order valence-corrected chi connectivity index (χ3v) is 4.77. The van der Waals surface area contributed by atoms with Crippen molar-refractivity contribution in [2.45, 2.75) is 65.5 Å². The Morgan fingerprint density at radius 1 is 1.20 bits per heavy atom. The van der Waals surface area contributed by atoms with Gasteiger partial charge in [-0.1, -0.05) is 57.8 Å². The summed E-state index contributed by atoms with van der Waals surface area (Å²) in [6.45, 7) is 9.38. The van der Waals surface area contributed by atoms with Gasteiger partial charge in [0.05, 0.1) is 0 Å². The van der Waals surface area contributed by atoms with Crippen LogP contribution in [0.1, 0.15) is 65.0 Å². The first-order chi connectivity index (χ1) is 9.37. The van der Waals surface area contributed by atoms with Crippen molar-refractivity contribution in [3.05, 3.63) is 34.9 Å². The summed E-state index contributed by atoms with van der Waals surface area (Å²) in [7, 11) is 0. The molecule has 2 heteroatoms. The second kappa shape index (κ2) is 6.49. The maximum atomic E-state index is 6.00. The molecule has 2 rings (SSSR count). The van der Waals surface area contributed by atoms with Crippen molar-refractivity contribution in [3.8, 4) is 0 Å². The molecule has 1 N–H and O–H groups in total. The lowest BCUT2D eigenvalue weighted by atomic mass is 9.74. The molecule has 1 aliphatic rings. The summed E-state index contributed by atoms with van der Waals surface area (Å²) in [5.74, 6) is 0.584. The van der Waals surface area contributed by atoms with Crippen molar-refractivity contribution in [1.29, 1.82) is 0 Å². The van der Waals surface area contributed by atoms with Gasteiger partial charge in [-0.25, -0.2) is 0 Å². The van der Waals surface area contributed by atoms with Crippen molar-refractivity contribution >= 4 is 11.6 Å². The van der Waals surface area contributed by atoms with E-state index in [-0.39, 0.29) is 0 Å². The lowest BCUT2D eigenvalue weighted by Gasteiger charge is -2.38. The smallest absolute Gasteiger partial charge is 0.0406 e. The minimum Gasteiger partial charge on any atom is -0.307 e. The van der Waals surface area contributed by atoms with Gasteiger partial charge in [0.2, 0.25) is 0 Å². The number of rotatable bonds is 4. The molecule has 20 heavy (non-hydrogen) atoms. The van der Waals surface area contributed by atoms with Crippen molar-refractivity contribution in [2.24, 2.45) is 11.3 Å². The molecule has 1 aromatic carbocycles. The third-order valence-electron chi connectivity index (χ3n) is 4.52. The molecule has 1 aromatic rings. The molecule has 1 aliphatic carbocycles. The van der Waals surface area contributed by atoms with E-state index < -0.39 is 0 Å². The molecule has 0 aliphatic heterocycles. The van der Waals surface area contributed by atoms with E-state index in [0.717, 1.165) is 5.02 Å².